The molecular formula is C16H28N2O2. The van der Waals surface area contributed by atoms with Crippen LogP contribution in [0.1, 0.15) is 40.0 Å². The van der Waals surface area contributed by atoms with E-state index in [0.29, 0.717) is 13.0 Å². The summed E-state index contributed by atoms with van der Waals surface area (Å²) in [5.41, 5.74) is 8.24. The van der Waals surface area contributed by atoms with Crippen LogP contribution in [0.4, 0.5) is 0 Å². The number of hydrogen-bond donors (Lipinski definition) is 3. The van der Waals surface area contributed by atoms with Gasteiger partial charge in [0.2, 0.25) is 5.91 Å². The molecule has 1 amide bonds. The zero-order valence-corrected chi connectivity index (χ0v) is 12.9. The molecule has 0 fully saturated rings. The van der Waals surface area contributed by atoms with Crippen LogP contribution in [-0.2, 0) is 4.79 Å². The topological polar surface area (TPSA) is 75.4 Å². The number of aliphatic hydroxyl groups excluding tert-OH is 1. The Kier molecular flexibility index (Phi) is 10.6. The molecule has 0 rings (SSSR count). The number of allylic oxidation sites excluding steroid dienone is 5. The first-order valence-corrected chi connectivity index (χ1v) is 7.07. The lowest BCUT2D eigenvalue weighted by Crippen LogP contribution is -2.37. The summed E-state index contributed by atoms with van der Waals surface area (Å²) < 4.78 is 0. The van der Waals surface area contributed by atoms with Gasteiger partial charge in [-0.2, -0.15) is 0 Å². The minimum atomic E-state index is -0.196. The van der Waals surface area contributed by atoms with E-state index in [-0.39, 0.29) is 18.6 Å². The molecule has 0 saturated heterocycles. The van der Waals surface area contributed by atoms with Gasteiger partial charge in [-0.25, -0.2) is 0 Å². The van der Waals surface area contributed by atoms with Gasteiger partial charge in [0.05, 0.1) is 0 Å². The average Bonchev–Trinajstić information content (AvgIpc) is 2.36. The fourth-order valence-corrected chi connectivity index (χ4v) is 1.53. The molecule has 0 aliphatic carbocycles. The van der Waals surface area contributed by atoms with E-state index < -0.39 is 0 Å². The van der Waals surface area contributed by atoms with Gasteiger partial charge in [-0.1, -0.05) is 29.4 Å². The van der Waals surface area contributed by atoms with Crippen LogP contribution in [0.25, 0.3) is 0 Å². The van der Waals surface area contributed by atoms with E-state index in [9.17, 15) is 4.79 Å². The normalized spacial score (nSPS) is 13.3. The van der Waals surface area contributed by atoms with Gasteiger partial charge in [0, 0.05) is 25.3 Å². The van der Waals surface area contributed by atoms with Gasteiger partial charge in [0.15, 0.2) is 0 Å². The highest BCUT2D eigenvalue weighted by Gasteiger charge is 2.02. The molecule has 0 bridgehead atoms. The van der Waals surface area contributed by atoms with Crippen molar-refractivity contribution in [3.63, 3.8) is 0 Å². The second-order valence-electron chi connectivity index (χ2n) is 5.21. The number of carbonyl (C=O) groups is 1. The molecule has 0 aromatic rings. The first kappa shape index (κ1) is 18.6. The highest BCUT2D eigenvalue weighted by atomic mass is 16.3. The van der Waals surface area contributed by atoms with Gasteiger partial charge < -0.3 is 16.2 Å². The van der Waals surface area contributed by atoms with Gasteiger partial charge in [0.1, 0.15) is 0 Å². The van der Waals surface area contributed by atoms with Crippen LogP contribution in [0.3, 0.4) is 0 Å². The van der Waals surface area contributed by atoms with Crippen molar-refractivity contribution in [2.75, 3.05) is 13.2 Å². The molecule has 0 aromatic carbocycles. The van der Waals surface area contributed by atoms with E-state index in [2.05, 4.69) is 32.2 Å². The third kappa shape index (κ3) is 11.7. The maximum absolute atomic E-state index is 11.5. The van der Waals surface area contributed by atoms with Crippen LogP contribution in [0.15, 0.2) is 35.5 Å². The van der Waals surface area contributed by atoms with Crippen molar-refractivity contribution in [1.29, 1.82) is 0 Å². The standard InChI is InChI=1S/C16H28N2O2/c1-13(2)6-4-7-14(3)8-5-9-16(20)18-12-15(17)10-11-19/h5-6,8-9,15,19H,4,7,10-12,17H2,1-3H3,(H,18,20)/b9-5+,14-8+/t15-/m1/s1. The van der Waals surface area contributed by atoms with Crippen molar-refractivity contribution < 1.29 is 9.90 Å². The molecule has 4 N–H and O–H groups in total. The van der Waals surface area contributed by atoms with Crippen molar-refractivity contribution in [2.45, 2.75) is 46.1 Å². The summed E-state index contributed by atoms with van der Waals surface area (Å²) in [5, 5.41) is 11.4. The van der Waals surface area contributed by atoms with Crippen LogP contribution in [-0.4, -0.2) is 30.2 Å². The maximum Gasteiger partial charge on any atom is 0.244 e. The molecule has 20 heavy (non-hydrogen) atoms. The lowest BCUT2D eigenvalue weighted by molar-refractivity contribution is -0.116. The SMILES string of the molecule is CC(C)=CCC/C(C)=C/C=C/C(=O)NC[C@H](N)CCO. The first-order valence-electron chi connectivity index (χ1n) is 7.07. The lowest BCUT2D eigenvalue weighted by Gasteiger charge is -2.09. The molecule has 0 saturated carbocycles. The van der Waals surface area contributed by atoms with Gasteiger partial charge in [-0.15, -0.1) is 0 Å². The summed E-state index contributed by atoms with van der Waals surface area (Å²) >= 11 is 0. The quantitative estimate of drug-likeness (QED) is 0.344. The zero-order valence-electron chi connectivity index (χ0n) is 12.9. The van der Waals surface area contributed by atoms with Crippen molar-refractivity contribution in [3.8, 4) is 0 Å². The lowest BCUT2D eigenvalue weighted by atomic mass is 10.1. The number of amides is 1. The molecule has 4 nitrogen and oxygen atoms in total. The Morgan fingerprint density at radius 3 is 2.65 bits per heavy atom. The number of aliphatic hydroxyl groups is 1. The van der Waals surface area contributed by atoms with E-state index in [1.165, 1.54) is 17.2 Å². The molecule has 4 heteroatoms. The molecule has 1 atom stereocenters. The van der Waals surface area contributed by atoms with Gasteiger partial charge in [0.25, 0.3) is 0 Å². The van der Waals surface area contributed by atoms with Crippen molar-refractivity contribution in [3.05, 3.63) is 35.5 Å². The second-order valence-corrected chi connectivity index (χ2v) is 5.21. The Morgan fingerprint density at radius 1 is 1.35 bits per heavy atom. The fourth-order valence-electron chi connectivity index (χ4n) is 1.53. The summed E-state index contributed by atoms with van der Waals surface area (Å²) in [6, 6.07) is -0.196. The summed E-state index contributed by atoms with van der Waals surface area (Å²) in [4.78, 5) is 11.5. The molecule has 0 spiro atoms. The monoisotopic (exact) mass is 280 g/mol. The number of nitrogens with one attached hydrogen (secondary N) is 1. The Balaban J connectivity index is 3.97. The summed E-state index contributed by atoms with van der Waals surface area (Å²) in [7, 11) is 0. The Morgan fingerprint density at radius 2 is 2.05 bits per heavy atom. The fraction of sp³-hybridized carbons (Fsp3) is 0.562. The maximum atomic E-state index is 11.5. The highest BCUT2D eigenvalue weighted by molar-refractivity contribution is 5.87. The van der Waals surface area contributed by atoms with Gasteiger partial charge in [-0.05, 0) is 40.0 Å². The third-order valence-electron chi connectivity index (χ3n) is 2.76. The van der Waals surface area contributed by atoms with Crippen LogP contribution >= 0.6 is 0 Å². The minimum absolute atomic E-state index is 0.0422. The highest BCUT2D eigenvalue weighted by Crippen LogP contribution is 2.06. The molecule has 0 radical (unpaired) electrons. The molecule has 0 aliphatic heterocycles. The summed E-state index contributed by atoms with van der Waals surface area (Å²) in [5.74, 6) is -0.160. The molecule has 0 heterocycles. The Bertz CT molecular complexity index is 367. The molecule has 0 aliphatic rings. The number of carbonyl (C=O) groups excluding carboxylic acids is 1. The zero-order chi connectivity index (χ0) is 15.4. The smallest absolute Gasteiger partial charge is 0.244 e. The van der Waals surface area contributed by atoms with Crippen molar-refractivity contribution in [2.24, 2.45) is 5.73 Å². The minimum Gasteiger partial charge on any atom is -0.396 e. The van der Waals surface area contributed by atoms with Crippen LogP contribution in [0, 0.1) is 0 Å². The third-order valence-corrected chi connectivity index (χ3v) is 2.76. The van der Waals surface area contributed by atoms with E-state index in [1.54, 1.807) is 6.08 Å². The number of hydrogen-bond acceptors (Lipinski definition) is 3. The van der Waals surface area contributed by atoms with Crippen molar-refractivity contribution >= 4 is 5.91 Å². The average molecular weight is 280 g/mol. The molecule has 114 valence electrons. The number of rotatable bonds is 9. The molecule has 0 aromatic heterocycles. The second kappa shape index (κ2) is 11.4. The van der Waals surface area contributed by atoms with Crippen LogP contribution < -0.4 is 11.1 Å². The van der Waals surface area contributed by atoms with E-state index in [1.807, 2.05) is 6.08 Å². The van der Waals surface area contributed by atoms with Gasteiger partial charge in [-0.3, -0.25) is 4.79 Å². The largest absolute Gasteiger partial charge is 0.396 e. The predicted octanol–water partition coefficient (Wildman–Crippen LogP) is 2.06. The van der Waals surface area contributed by atoms with Gasteiger partial charge >= 0.3 is 0 Å². The van der Waals surface area contributed by atoms with E-state index in [0.717, 1.165) is 12.8 Å². The van der Waals surface area contributed by atoms with Crippen molar-refractivity contribution in [1.82, 2.24) is 5.32 Å². The summed E-state index contributed by atoms with van der Waals surface area (Å²) in [6.45, 7) is 6.65. The van der Waals surface area contributed by atoms with E-state index in [4.69, 9.17) is 10.8 Å². The Labute approximate surface area is 122 Å². The molecular weight excluding hydrogens is 252 g/mol. The first-order chi connectivity index (χ1) is 9.45. The number of nitrogens with two attached hydrogens (primary N) is 1. The van der Waals surface area contributed by atoms with E-state index >= 15 is 0 Å². The summed E-state index contributed by atoms with van der Waals surface area (Å²) in [6.07, 6.45) is 9.93. The Hall–Kier alpha value is -1.39. The molecule has 0 unspecified atom stereocenters. The van der Waals surface area contributed by atoms with Crippen LogP contribution in [0.2, 0.25) is 0 Å². The predicted molar refractivity (Wildman–Crippen MR) is 84.2 cm³/mol. The van der Waals surface area contributed by atoms with Crippen LogP contribution in [0.5, 0.6) is 0 Å².